The quantitative estimate of drug-likeness (QED) is 0.401. The summed E-state index contributed by atoms with van der Waals surface area (Å²) in [4.78, 5) is 14.4. The van der Waals surface area contributed by atoms with E-state index in [1.54, 1.807) is 14.2 Å². The first-order chi connectivity index (χ1) is 17.0. The molecular weight excluding hydrogens is 438 g/mol. The fourth-order valence-corrected chi connectivity index (χ4v) is 4.85. The molecular formula is C28H33N5O2. The van der Waals surface area contributed by atoms with Gasteiger partial charge >= 0.3 is 0 Å². The van der Waals surface area contributed by atoms with Crippen LogP contribution in [-0.4, -0.2) is 65.9 Å². The Hall–Kier alpha value is -3.58. The lowest BCUT2D eigenvalue weighted by atomic mass is 10.1. The normalized spacial score (nSPS) is 14.6. The third-order valence-corrected chi connectivity index (χ3v) is 7.02. The van der Waals surface area contributed by atoms with Crippen molar-refractivity contribution in [1.29, 1.82) is 0 Å². The second-order valence-electron chi connectivity index (χ2n) is 9.31. The minimum atomic E-state index is 0.596. The fourth-order valence-electron chi connectivity index (χ4n) is 4.85. The van der Waals surface area contributed by atoms with Crippen LogP contribution in [-0.2, 0) is 7.05 Å². The highest BCUT2D eigenvalue weighted by Crippen LogP contribution is 2.35. The van der Waals surface area contributed by atoms with Crippen LogP contribution in [0, 0.1) is 0 Å². The number of hydrogen-bond donors (Lipinski definition) is 0. The maximum atomic E-state index is 5.50. The van der Waals surface area contributed by atoms with Crippen molar-refractivity contribution >= 4 is 16.7 Å². The Morgan fingerprint density at radius 3 is 2.20 bits per heavy atom. The molecule has 0 amide bonds. The van der Waals surface area contributed by atoms with Crippen LogP contribution in [0.5, 0.6) is 11.5 Å². The average molecular weight is 472 g/mol. The molecule has 7 nitrogen and oxygen atoms in total. The molecule has 4 heterocycles. The first-order valence-electron chi connectivity index (χ1n) is 12.1. The van der Waals surface area contributed by atoms with E-state index in [9.17, 15) is 0 Å². The molecule has 1 fully saturated rings. The molecule has 4 aromatic rings. The van der Waals surface area contributed by atoms with Gasteiger partial charge in [-0.1, -0.05) is 0 Å². The summed E-state index contributed by atoms with van der Waals surface area (Å²) >= 11 is 0. The van der Waals surface area contributed by atoms with Gasteiger partial charge in [-0.2, -0.15) is 0 Å². The molecule has 35 heavy (non-hydrogen) atoms. The lowest BCUT2D eigenvalue weighted by molar-refractivity contribution is 0.209. The van der Waals surface area contributed by atoms with E-state index in [0.717, 1.165) is 71.2 Å². The van der Waals surface area contributed by atoms with Gasteiger partial charge in [-0.05, 0) is 56.3 Å². The van der Waals surface area contributed by atoms with Gasteiger partial charge in [0, 0.05) is 73.9 Å². The van der Waals surface area contributed by atoms with E-state index >= 15 is 0 Å². The standard InChI is InChI=1S/C28H33N5O2/c1-19(2)32-10-12-33(13-11-32)28-9-7-21(17-30-28)23-16-25-22(18-29-23)14-24(31(25)3)20-6-8-26(34-4)27(15-20)35-5/h6-9,14-19H,10-13H2,1-5H3. The molecule has 0 N–H and O–H groups in total. The number of ether oxygens (including phenoxy) is 2. The van der Waals surface area contributed by atoms with Crippen molar-refractivity contribution in [2.45, 2.75) is 19.9 Å². The van der Waals surface area contributed by atoms with Crippen LogP contribution in [0.25, 0.3) is 33.4 Å². The molecule has 7 heteroatoms. The molecule has 1 aliphatic rings. The minimum Gasteiger partial charge on any atom is -0.493 e. The van der Waals surface area contributed by atoms with Gasteiger partial charge in [0.05, 0.1) is 25.4 Å². The smallest absolute Gasteiger partial charge is 0.161 e. The predicted octanol–water partition coefficient (Wildman–Crippen LogP) is 4.85. The predicted molar refractivity (Wildman–Crippen MR) is 141 cm³/mol. The van der Waals surface area contributed by atoms with Gasteiger partial charge in [-0.25, -0.2) is 4.98 Å². The van der Waals surface area contributed by atoms with Crippen molar-refractivity contribution < 1.29 is 9.47 Å². The van der Waals surface area contributed by atoms with Gasteiger partial charge < -0.3 is 18.9 Å². The molecule has 1 aromatic carbocycles. The zero-order valence-corrected chi connectivity index (χ0v) is 21.2. The van der Waals surface area contributed by atoms with Gasteiger partial charge in [-0.3, -0.25) is 9.88 Å². The van der Waals surface area contributed by atoms with Crippen LogP contribution >= 0.6 is 0 Å². The van der Waals surface area contributed by atoms with Crippen LogP contribution in [0.3, 0.4) is 0 Å². The largest absolute Gasteiger partial charge is 0.493 e. The van der Waals surface area contributed by atoms with Crippen molar-refractivity contribution in [2.24, 2.45) is 7.05 Å². The Morgan fingerprint density at radius 2 is 1.54 bits per heavy atom. The number of hydrogen-bond acceptors (Lipinski definition) is 6. The number of rotatable bonds is 6. The van der Waals surface area contributed by atoms with Gasteiger partial charge in [0.2, 0.25) is 0 Å². The summed E-state index contributed by atoms with van der Waals surface area (Å²) in [6.07, 6.45) is 3.88. The van der Waals surface area contributed by atoms with E-state index in [-0.39, 0.29) is 0 Å². The number of aryl methyl sites for hydroxylation is 1. The van der Waals surface area contributed by atoms with Crippen molar-refractivity contribution in [1.82, 2.24) is 19.4 Å². The summed E-state index contributed by atoms with van der Waals surface area (Å²) in [7, 11) is 5.39. The fraction of sp³-hybridized carbons (Fsp3) is 0.357. The molecule has 3 aromatic heterocycles. The number of anilines is 1. The highest BCUT2D eigenvalue weighted by atomic mass is 16.5. The van der Waals surface area contributed by atoms with Crippen LogP contribution in [0.1, 0.15) is 13.8 Å². The molecule has 1 saturated heterocycles. The average Bonchev–Trinajstić information content (AvgIpc) is 3.24. The highest BCUT2D eigenvalue weighted by Gasteiger charge is 2.20. The summed E-state index contributed by atoms with van der Waals surface area (Å²) in [5.74, 6) is 2.47. The second kappa shape index (κ2) is 9.58. The number of pyridine rings is 2. The third-order valence-electron chi connectivity index (χ3n) is 7.02. The van der Waals surface area contributed by atoms with Gasteiger partial charge in [-0.15, -0.1) is 0 Å². The van der Waals surface area contributed by atoms with E-state index in [2.05, 4.69) is 59.5 Å². The topological polar surface area (TPSA) is 55.7 Å². The van der Waals surface area contributed by atoms with Gasteiger partial charge in [0.1, 0.15) is 5.82 Å². The first-order valence-corrected chi connectivity index (χ1v) is 12.1. The van der Waals surface area contributed by atoms with Crippen molar-refractivity contribution in [2.75, 3.05) is 45.3 Å². The number of aromatic nitrogens is 3. The van der Waals surface area contributed by atoms with E-state index < -0.39 is 0 Å². The molecule has 1 aliphatic heterocycles. The Labute approximate surface area is 206 Å². The zero-order valence-electron chi connectivity index (χ0n) is 21.2. The summed E-state index contributed by atoms with van der Waals surface area (Å²) in [5.41, 5.74) is 5.21. The maximum Gasteiger partial charge on any atom is 0.161 e. The first kappa shape index (κ1) is 23.2. The lowest BCUT2D eigenvalue weighted by Gasteiger charge is -2.37. The second-order valence-corrected chi connectivity index (χ2v) is 9.31. The SMILES string of the molecule is COc1ccc(-c2cc3cnc(-c4ccc(N5CCN(C(C)C)CC5)nc4)cc3n2C)cc1OC. The Bertz CT molecular complexity index is 1320. The Kier molecular flexibility index (Phi) is 6.34. The van der Waals surface area contributed by atoms with E-state index in [1.807, 2.05) is 30.6 Å². The molecule has 0 atom stereocenters. The van der Waals surface area contributed by atoms with Crippen LogP contribution < -0.4 is 14.4 Å². The molecule has 0 saturated carbocycles. The van der Waals surface area contributed by atoms with Crippen molar-refractivity contribution in [3.63, 3.8) is 0 Å². The number of piperazine rings is 1. The molecule has 0 unspecified atom stereocenters. The molecule has 5 rings (SSSR count). The Balaban J connectivity index is 1.40. The summed E-state index contributed by atoms with van der Waals surface area (Å²) < 4.78 is 13.1. The van der Waals surface area contributed by atoms with Gasteiger partial charge in [0.15, 0.2) is 11.5 Å². The summed E-state index contributed by atoms with van der Waals surface area (Å²) in [6, 6.07) is 15.1. The zero-order chi connectivity index (χ0) is 24.5. The molecule has 0 spiro atoms. The van der Waals surface area contributed by atoms with Crippen LogP contribution in [0.2, 0.25) is 0 Å². The van der Waals surface area contributed by atoms with Crippen molar-refractivity contribution in [3.8, 4) is 34.0 Å². The number of fused-ring (bicyclic) bond motifs is 1. The van der Waals surface area contributed by atoms with Crippen LogP contribution in [0.4, 0.5) is 5.82 Å². The van der Waals surface area contributed by atoms with E-state index in [0.29, 0.717) is 11.8 Å². The molecule has 0 radical (unpaired) electrons. The van der Waals surface area contributed by atoms with E-state index in [1.165, 1.54) is 0 Å². The number of methoxy groups -OCH3 is 2. The number of nitrogens with zero attached hydrogens (tertiary/aromatic N) is 5. The molecule has 0 aliphatic carbocycles. The highest BCUT2D eigenvalue weighted by molar-refractivity contribution is 5.89. The Morgan fingerprint density at radius 1 is 0.800 bits per heavy atom. The van der Waals surface area contributed by atoms with Crippen LogP contribution in [0.15, 0.2) is 54.9 Å². The maximum absolute atomic E-state index is 5.50. The number of benzene rings is 1. The third kappa shape index (κ3) is 4.44. The van der Waals surface area contributed by atoms with Crippen molar-refractivity contribution in [3.05, 3.63) is 54.9 Å². The lowest BCUT2D eigenvalue weighted by Crippen LogP contribution is -2.49. The molecule has 182 valence electrons. The summed E-state index contributed by atoms with van der Waals surface area (Å²) in [6.45, 7) is 8.70. The van der Waals surface area contributed by atoms with Gasteiger partial charge in [0.25, 0.3) is 0 Å². The molecule has 0 bridgehead atoms. The summed E-state index contributed by atoms with van der Waals surface area (Å²) in [5, 5.41) is 1.09. The monoisotopic (exact) mass is 471 g/mol. The minimum absolute atomic E-state index is 0.596. The van der Waals surface area contributed by atoms with E-state index in [4.69, 9.17) is 19.4 Å².